The SMILES string of the molecule is C=CC.CCCCOCC1=CC=C(N2CCN(S(=O)C3(C)CCN(C(=O)OCC)CC3)CC2)CC1C.NC=O. The van der Waals surface area contributed by atoms with Crippen molar-refractivity contribution in [3.05, 3.63) is 36.1 Å². The second-order valence-electron chi connectivity index (χ2n) is 10.3. The number of carbonyl (C=O) groups excluding carboxylic acids is 2. The van der Waals surface area contributed by atoms with Gasteiger partial charge in [-0.05, 0) is 64.0 Å². The number of carbonyl (C=O) groups is 2. The van der Waals surface area contributed by atoms with Crippen LogP contribution in [-0.4, -0.2) is 94.7 Å². The molecule has 2 fully saturated rings. The van der Waals surface area contributed by atoms with Crippen molar-refractivity contribution in [1.29, 1.82) is 0 Å². The van der Waals surface area contributed by atoms with E-state index in [9.17, 15) is 9.00 Å². The van der Waals surface area contributed by atoms with Crippen LogP contribution in [0.3, 0.4) is 0 Å². The van der Waals surface area contributed by atoms with Gasteiger partial charge in [0.15, 0.2) is 0 Å². The summed E-state index contributed by atoms with van der Waals surface area (Å²) in [6.07, 6.45) is 11.1. The number of piperidine rings is 1. The minimum atomic E-state index is -1.05. The molecule has 39 heavy (non-hydrogen) atoms. The van der Waals surface area contributed by atoms with E-state index in [4.69, 9.17) is 14.3 Å². The van der Waals surface area contributed by atoms with Crippen LogP contribution in [0.2, 0.25) is 0 Å². The normalized spacial score (nSPS) is 21.6. The number of rotatable bonds is 9. The van der Waals surface area contributed by atoms with Crippen LogP contribution in [0.25, 0.3) is 0 Å². The Morgan fingerprint density at radius 2 is 1.77 bits per heavy atom. The van der Waals surface area contributed by atoms with Gasteiger partial charge in [0.05, 0.1) is 18.0 Å². The highest BCUT2D eigenvalue weighted by Crippen LogP contribution is 2.32. The molecule has 2 heterocycles. The second-order valence-corrected chi connectivity index (χ2v) is 12.3. The van der Waals surface area contributed by atoms with E-state index in [0.717, 1.165) is 65.1 Å². The Morgan fingerprint density at radius 1 is 1.18 bits per heavy atom. The lowest BCUT2D eigenvalue weighted by atomic mass is 9.91. The maximum absolute atomic E-state index is 13.4. The van der Waals surface area contributed by atoms with E-state index >= 15 is 0 Å². The molecule has 0 aromatic rings. The van der Waals surface area contributed by atoms with Crippen molar-refractivity contribution in [2.45, 2.75) is 71.5 Å². The molecule has 1 aliphatic carbocycles. The van der Waals surface area contributed by atoms with Crippen molar-refractivity contribution in [1.82, 2.24) is 14.1 Å². The Kier molecular flexibility index (Phi) is 17.0. The van der Waals surface area contributed by atoms with E-state index < -0.39 is 11.0 Å². The third-order valence-electron chi connectivity index (χ3n) is 7.20. The van der Waals surface area contributed by atoms with Gasteiger partial charge in [0.1, 0.15) is 11.0 Å². The number of allylic oxidation sites excluding steroid dienone is 4. The van der Waals surface area contributed by atoms with Crippen LogP contribution < -0.4 is 5.73 Å². The second kappa shape index (κ2) is 19.0. The third-order valence-corrected chi connectivity index (χ3v) is 9.28. The molecule has 3 aliphatic rings. The number of hydrogen-bond acceptors (Lipinski definition) is 6. The van der Waals surface area contributed by atoms with E-state index in [0.29, 0.717) is 25.6 Å². The number of primary amides is 1. The van der Waals surface area contributed by atoms with Crippen LogP contribution in [0.4, 0.5) is 4.79 Å². The Hall–Kier alpha value is -2.17. The summed E-state index contributed by atoms with van der Waals surface area (Å²) in [5.74, 6) is 0.502. The van der Waals surface area contributed by atoms with Crippen molar-refractivity contribution in [2.24, 2.45) is 11.7 Å². The molecule has 10 heteroatoms. The quantitative estimate of drug-likeness (QED) is 0.253. The lowest BCUT2D eigenvalue weighted by molar-refractivity contribution is -0.106. The van der Waals surface area contributed by atoms with Crippen molar-refractivity contribution in [3.8, 4) is 0 Å². The minimum Gasteiger partial charge on any atom is -0.450 e. The van der Waals surface area contributed by atoms with Crippen LogP contribution in [-0.2, 0) is 25.3 Å². The van der Waals surface area contributed by atoms with Gasteiger partial charge in [0, 0.05) is 51.6 Å². The number of nitrogens with two attached hydrogens (primary N) is 1. The number of unbranched alkanes of at least 4 members (excludes halogenated alkanes) is 1. The van der Waals surface area contributed by atoms with Gasteiger partial charge in [0.25, 0.3) is 0 Å². The maximum atomic E-state index is 13.4. The molecule has 3 rings (SSSR count). The van der Waals surface area contributed by atoms with Crippen LogP contribution in [0.15, 0.2) is 36.1 Å². The fourth-order valence-electron chi connectivity index (χ4n) is 4.75. The highest BCUT2D eigenvalue weighted by Gasteiger charge is 2.41. The highest BCUT2D eigenvalue weighted by molar-refractivity contribution is 7.84. The molecule has 0 aromatic heterocycles. The Balaban J connectivity index is 0.00000116. The fraction of sp³-hybridized carbons (Fsp3) is 0.724. The summed E-state index contributed by atoms with van der Waals surface area (Å²) in [5.41, 5.74) is 6.94. The largest absolute Gasteiger partial charge is 0.450 e. The number of piperazine rings is 1. The smallest absolute Gasteiger partial charge is 0.409 e. The molecule has 0 radical (unpaired) electrons. The average molecular weight is 569 g/mol. The molecule has 0 spiro atoms. The minimum absolute atomic E-state index is 0.250. The molecule has 0 bridgehead atoms. The first-order valence-electron chi connectivity index (χ1n) is 14.2. The van der Waals surface area contributed by atoms with E-state index in [-0.39, 0.29) is 17.3 Å². The zero-order valence-corrected chi connectivity index (χ0v) is 25.7. The lowest BCUT2D eigenvalue weighted by Crippen LogP contribution is -2.54. The number of hydrogen-bond donors (Lipinski definition) is 1. The van der Waals surface area contributed by atoms with Crippen molar-refractivity contribution < 1.29 is 23.3 Å². The van der Waals surface area contributed by atoms with Gasteiger partial charge in [-0.25, -0.2) is 13.3 Å². The van der Waals surface area contributed by atoms with Gasteiger partial charge in [0.2, 0.25) is 6.41 Å². The van der Waals surface area contributed by atoms with E-state index in [1.54, 1.807) is 11.0 Å². The van der Waals surface area contributed by atoms with Crippen LogP contribution in [0.5, 0.6) is 0 Å². The van der Waals surface area contributed by atoms with Crippen molar-refractivity contribution in [2.75, 3.05) is 59.1 Å². The molecular formula is C29H52N4O5S. The summed E-state index contributed by atoms with van der Waals surface area (Å²) < 4.78 is 26.3. The van der Waals surface area contributed by atoms with Gasteiger partial charge in [-0.2, -0.15) is 0 Å². The molecule has 2 N–H and O–H groups in total. The molecule has 2 amide bonds. The first kappa shape index (κ1) is 34.9. The van der Waals surface area contributed by atoms with E-state index in [1.165, 1.54) is 17.7 Å². The Labute approximate surface area is 239 Å². The van der Waals surface area contributed by atoms with Gasteiger partial charge in [-0.1, -0.05) is 32.4 Å². The van der Waals surface area contributed by atoms with Crippen LogP contribution >= 0.6 is 0 Å². The Bertz CT molecular complexity index is 826. The summed E-state index contributed by atoms with van der Waals surface area (Å²) in [6, 6.07) is 0. The standard InChI is InChI=1S/C25H43N3O4S.C3H6.CH3NO/c1-5-7-18-31-20-22-8-9-23(19-21(22)3)26-14-16-28(17-15-26)33(30)25(4)10-12-27(13-11-25)24(29)32-6-2;1-3-2;2-1-3/h8-9,21H,5-7,10-20H2,1-4H3;3H,1H2,2H3;1H,(H2,2,3). The Morgan fingerprint density at radius 3 is 2.28 bits per heavy atom. The highest BCUT2D eigenvalue weighted by atomic mass is 32.2. The molecule has 2 aliphatic heterocycles. The molecule has 0 aromatic carbocycles. The molecular weight excluding hydrogens is 516 g/mol. The van der Waals surface area contributed by atoms with Gasteiger partial charge in [-0.15, -0.1) is 6.58 Å². The molecule has 0 saturated carbocycles. The molecule has 2 atom stereocenters. The van der Waals surface area contributed by atoms with E-state index in [1.807, 2.05) is 13.8 Å². The van der Waals surface area contributed by atoms with Crippen molar-refractivity contribution in [3.63, 3.8) is 0 Å². The summed E-state index contributed by atoms with van der Waals surface area (Å²) in [7, 11) is -1.05. The first-order valence-corrected chi connectivity index (χ1v) is 15.3. The zero-order valence-electron chi connectivity index (χ0n) is 24.9. The fourth-order valence-corrected chi connectivity index (χ4v) is 6.40. The summed E-state index contributed by atoms with van der Waals surface area (Å²) in [6.45, 7) is 20.3. The number of likely N-dealkylation sites (tertiary alicyclic amines) is 1. The molecule has 9 nitrogen and oxygen atoms in total. The van der Waals surface area contributed by atoms with E-state index in [2.05, 4.69) is 54.4 Å². The number of nitrogens with zero attached hydrogens (tertiary/aromatic N) is 3. The molecule has 2 unspecified atom stereocenters. The van der Waals surface area contributed by atoms with Crippen LogP contribution in [0.1, 0.15) is 66.7 Å². The third kappa shape index (κ3) is 11.5. The summed E-state index contributed by atoms with van der Waals surface area (Å²) in [4.78, 5) is 24.8. The summed E-state index contributed by atoms with van der Waals surface area (Å²) in [5, 5.41) is 0. The van der Waals surface area contributed by atoms with Gasteiger partial charge in [-0.3, -0.25) is 4.79 Å². The average Bonchev–Trinajstić information content (AvgIpc) is 2.93. The zero-order chi connectivity index (χ0) is 29.3. The van der Waals surface area contributed by atoms with Crippen molar-refractivity contribution >= 4 is 23.5 Å². The number of amides is 2. The topological polar surface area (TPSA) is 105 Å². The number of ether oxygens (including phenoxy) is 2. The molecule has 224 valence electrons. The molecule has 2 saturated heterocycles. The first-order chi connectivity index (χ1) is 18.7. The lowest BCUT2D eigenvalue weighted by Gasteiger charge is -2.44. The maximum Gasteiger partial charge on any atom is 0.409 e. The monoisotopic (exact) mass is 568 g/mol. The predicted molar refractivity (Wildman–Crippen MR) is 159 cm³/mol. The summed E-state index contributed by atoms with van der Waals surface area (Å²) >= 11 is 0. The van der Waals surface area contributed by atoms with Gasteiger partial charge >= 0.3 is 6.09 Å². The van der Waals surface area contributed by atoms with Gasteiger partial charge < -0.3 is 25.0 Å². The van der Waals surface area contributed by atoms with Crippen LogP contribution in [0, 0.1) is 5.92 Å². The predicted octanol–water partition coefficient (Wildman–Crippen LogP) is 4.24.